The number of nitrogens with one attached hydrogen (secondary N) is 3. The Morgan fingerprint density at radius 3 is 2.16 bits per heavy atom. The number of rotatable bonds is 18. The lowest BCUT2D eigenvalue weighted by atomic mass is 10.0. The van der Waals surface area contributed by atoms with Crippen LogP contribution >= 0.6 is 0 Å². The predicted molar refractivity (Wildman–Crippen MR) is 175 cm³/mol. The van der Waals surface area contributed by atoms with Crippen LogP contribution in [-0.4, -0.2) is 53.4 Å². The van der Waals surface area contributed by atoms with E-state index in [1.165, 1.54) is 12.8 Å². The Morgan fingerprint density at radius 1 is 0.898 bits per heavy atom. The van der Waals surface area contributed by atoms with Crippen LogP contribution in [0.5, 0.6) is 5.75 Å². The largest absolute Gasteiger partial charge is 0.483 e. The SMILES string of the molecule is CCCCCCCCCOC=N[C@H](Cc1c[nH]c2ccccc12)C(=O)N[C@@H](CC(=O)NC(C)(C)C)C(=O)Oc1c(F)c(F)c(F)c(F)c1F. The first-order chi connectivity index (χ1) is 23.2. The lowest BCUT2D eigenvalue weighted by Crippen LogP contribution is -2.51. The van der Waals surface area contributed by atoms with Crippen molar-refractivity contribution in [3.8, 4) is 5.75 Å². The van der Waals surface area contributed by atoms with Gasteiger partial charge in [0.15, 0.2) is 6.40 Å². The van der Waals surface area contributed by atoms with Crippen LogP contribution < -0.4 is 15.4 Å². The van der Waals surface area contributed by atoms with Crippen molar-refractivity contribution in [2.75, 3.05) is 6.61 Å². The Labute approximate surface area is 282 Å². The van der Waals surface area contributed by atoms with Gasteiger partial charge in [0.05, 0.1) is 13.0 Å². The van der Waals surface area contributed by atoms with Crippen LogP contribution in [0.4, 0.5) is 22.0 Å². The van der Waals surface area contributed by atoms with Gasteiger partial charge < -0.3 is 25.1 Å². The third-order valence-electron chi connectivity index (χ3n) is 7.45. The molecule has 0 aliphatic heterocycles. The van der Waals surface area contributed by atoms with Gasteiger partial charge in [-0.05, 0) is 38.8 Å². The van der Waals surface area contributed by atoms with Gasteiger partial charge in [0.25, 0.3) is 0 Å². The maximum absolute atomic E-state index is 14.4. The molecule has 2 atom stereocenters. The number of aromatic amines is 1. The maximum atomic E-state index is 14.4. The molecule has 3 rings (SSSR count). The summed E-state index contributed by atoms with van der Waals surface area (Å²) in [4.78, 5) is 47.0. The summed E-state index contributed by atoms with van der Waals surface area (Å²) >= 11 is 0. The van der Waals surface area contributed by atoms with Crippen LogP contribution in [0.15, 0.2) is 35.5 Å². The summed E-state index contributed by atoms with van der Waals surface area (Å²) in [7, 11) is 0. The van der Waals surface area contributed by atoms with Gasteiger partial charge >= 0.3 is 5.97 Å². The molecule has 49 heavy (non-hydrogen) atoms. The van der Waals surface area contributed by atoms with Crippen molar-refractivity contribution in [3.05, 3.63) is 65.1 Å². The van der Waals surface area contributed by atoms with E-state index in [1.54, 1.807) is 27.0 Å². The molecule has 0 unspecified atom stereocenters. The van der Waals surface area contributed by atoms with Crippen LogP contribution in [0.25, 0.3) is 10.9 Å². The number of halogens is 5. The Balaban J connectivity index is 1.83. The van der Waals surface area contributed by atoms with E-state index in [9.17, 15) is 36.3 Å². The first kappa shape index (κ1) is 39.0. The highest BCUT2D eigenvalue weighted by atomic mass is 19.2. The van der Waals surface area contributed by atoms with Crippen molar-refractivity contribution < 1.29 is 45.8 Å². The van der Waals surface area contributed by atoms with E-state index in [-0.39, 0.29) is 6.42 Å². The first-order valence-electron chi connectivity index (χ1n) is 16.3. The predicted octanol–water partition coefficient (Wildman–Crippen LogP) is 6.97. The van der Waals surface area contributed by atoms with Crippen LogP contribution in [0.1, 0.15) is 84.6 Å². The number of H-pyrrole nitrogens is 1. The standard InChI is InChI=1S/C35H43F5N4O5/c1-5-6-7-8-9-10-13-16-48-20-42-24(17-21-19-41-23-15-12-11-14-22(21)23)33(46)43-25(18-26(45)44-35(2,3)4)34(47)49-32-30(39)28(37)27(36)29(38)31(32)40/h11-12,14-15,19-20,24-25,41H,5-10,13,16-18H2,1-4H3,(H,43,46)(H,44,45)/t24-,25+/m1/s1. The highest BCUT2D eigenvalue weighted by molar-refractivity contribution is 5.93. The highest BCUT2D eigenvalue weighted by Gasteiger charge is 2.34. The summed E-state index contributed by atoms with van der Waals surface area (Å²) < 4.78 is 80.1. The molecule has 0 fully saturated rings. The zero-order valence-electron chi connectivity index (χ0n) is 28.1. The minimum atomic E-state index is -2.45. The molecule has 2 aromatic carbocycles. The van der Waals surface area contributed by atoms with E-state index >= 15 is 0 Å². The molecule has 9 nitrogen and oxygen atoms in total. The summed E-state index contributed by atoms with van der Waals surface area (Å²) in [6, 6.07) is 4.15. The molecule has 0 aliphatic rings. The van der Waals surface area contributed by atoms with Gasteiger partial charge in [-0.15, -0.1) is 0 Å². The van der Waals surface area contributed by atoms with E-state index < -0.39 is 76.7 Å². The summed E-state index contributed by atoms with van der Waals surface area (Å²) in [6.07, 6.45) is 9.48. The summed E-state index contributed by atoms with van der Waals surface area (Å²) in [5.74, 6) is -17.1. The van der Waals surface area contributed by atoms with E-state index in [2.05, 4.69) is 32.3 Å². The Kier molecular flexibility index (Phi) is 14.6. The van der Waals surface area contributed by atoms with Crippen LogP contribution in [0, 0.1) is 29.1 Å². The van der Waals surface area contributed by atoms with E-state index in [0.29, 0.717) is 12.2 Å². The molecular weight excluding hydrogens is 651 g/mol. The summed E-state index contributed by atoms with van der Waals surface area (Å²) in [5.41, 5.74) is 0.691. The minimum absolute atomic E-state index is 0.000725. The second-order valence-electron chi connectivity index (χ2n) is 12.7. The molecule has 0 saturated heterocycles. The smallest absolute Gasteiger partial charge is 0.334 e. The number of amides is 2. The number of para-hydroxylation sites is 1. The van der Waals surface area contributed by atoms with Gasteiger partial charge in [0, 0.05) is 29.1 Å². The van der Waals surface area contributed by atoms with Gasteiger partial charge in [-0.25, -0.2) is 23.0 Å². The highest BCUT2D eigenvalue weighted by Crippen LogP contribution is 2.29. The molecule has 3 aromatic rings. The first-order valence-corrected chi connectivity index (χ1v) is 16.3. The maximum Gasteiger partial charge on any atom is 0.334 e. The zero-order chi connectivity index (χ0) is 36.1. The lowest BCUT2D eigenvalue weighted by molar-refractivity contribution is -0.142. The number of carbonyl (C=O) groups is 3. The number of carbonyl (C=O) groups excluding carboxylic acids is 3. The lowest BCUT2D eigenvalue weighted by Gasteiger charge is -2.24. The quantitative estimate of drug-likeness (QED) is 0.0194. The van der Waals surface area contributed by atoms with Gasteiger partial charge in [-0.2, -0.15) is 8.78 Å². The number of fused-ring (bicyclic) bond motifs is 1. The molecule has 0 radical (unpaired) electrons. The fraction of sp³-hybridized carbons (Fsp3) is 0.486. The summed E-state index contributed by atoms with van der Waals surface area (Å²) in [5, 5.41) is 5.70. The molecule has 3 N–H and O–H groups in total. The second-order valence-corrected chi connectivity index (χ2v) is 12.7. The van der Waals surface area contributed by atoms with E-state index in [4.69, 9.17) is 4.74 Å². The molecule has 0 saturated carbocycles. The number of aromatic nitrogens is 1. The molecule has 2 amide bonds. The zero-order valence-corrected chi connectivity index (χ0v) is 28.1. The van der Waals surface area contributed by atoms with Crippen molar-refractivity contribution in [2.45, 2.75) is 103 Å². The molecule has 14 heteroatoms. The van der Waals surface area contributed by atoms with Gasteiger partial charge in [0.2, 0.25) is 46.6 Å². The molecule has 0 bridgehead atoms. The van der Waals surface area contributed by atoms with E-state index in [0.717, 1.165) is 49.4 Å². The van der Waals surface area contributed by atoms with E-state index in [1.807, 2.05) is 24.3 Å². The molecule has 268 valence electrons. The van der Waals surface area contributed by atoms with Crippen molar-refractivity contribution in [3.63, 3.8) is 0 Å². The number of hydrogen-bond acceptors (Lipinski definition) is 6. The third kappa shape index (κ3) is 11.6. The van der Waals surface area contributed by atoms with Crippen LogP contribution in [-0.2, 0) is 25.5 Å². The Bertz CT molecular complexity index is 1590. The van der Waals surface area contributed by atoms with Crippen molar-refractivity contribution >= 4 is 35.1 Å². The number of hydrogen-bond donors (Lipinski definition) is 3. The monoisotopic (exact) mass is 694 g/mol. The third-order valence-corrected chi connectivity index (χ3v) is 7.45. The Hall–Kier alpha value is -4.49. The van der Waals surface area contributed by atoms with Crippen LogP contribution in [0.3, 0.4) is 0 Å². The van der Waals surface area contributed by atoms with Crippen molar-refractivity contribution in [1.82, 2.24) is 15.6 Å². The molecule has 0 aliphatic carbocycles. The number of ether oxygens (including phenoxy) is 2. The topological polar surface area (TPSA) is 122 Å². The Morgan fingerprint density at radius 2 is 1.51 bits per heavy atom. The van der Waals surface area contributed by atoms with Crippen molar-refractivity contribution in [1.29, 1.82) is 0 Å². The normalized spacial score (nSPS) is 13.0. The number of aliphatic imine (C=N–C) groups is 1. The number of nitrogens with zero attached hydrogens (tertiary/aromatic N) is 1. The number of benzene rings is 2. The molecule has 1 heterocycles. The summed E-state index contributed by atoms with van der Waals surface area (Å²) in [6.45, 7) is 7.43. The van der Waals surface area contributed by atoms with Gasteiger partial charge in [-0.1, -0.05) is 63.6 Å². The molecular formula is C35H43F5N4O5. The molecule has 0 spiro atoms. The van der Waals surface area contributed by atoms with Gasteiger partial charge in [0.1, 0.15) is 12.1 Å². The average Bonchev–Trinajstić information content (AvgIpc) is 3.46. The van der Waals surface area contributed by atoms with Crippen LogP contribution in [0.2, 0.25) is 0 Å². The fourth-order valence-electron chi connectivity index (χ4n) is 5.00. The average molecular weight is 695 g/mol. The van der Waals surface area contributed by atoms with Crippen molar-refractivity contribution in [2.24, 2.45) is 4.99 Å². The second kappa shape index (κ2) is 18.3. The number of esters is 1. The minimum Gasteiger partial charge on any atom is -0.483 e. The van der Waals surface area contributed by atoms with Gasteiger partial charge in [-0.3, -0.25) is 9.59 Å². The fourth-order valence-corrected chi connectivity index (χ4v) is 5.00. The number of unbranched alkanes of at least 4 members (excludes halogenated alkanes) is 6. The molecule has 1 aromatic heterocycles.